The van der Waals surface area contributed by atoms with E-state index in [1.54, 1.807) is 0 Å². The molecule has 0 aromatic carbocycles. The van der Waals surface area contributed by atoms with E-state index in [2.05, 4.69) is 0 Å². The fraction of sp³-hybridized carbons (Fsp3) is 1.00. The van der Waals surface area contributed by atoms with Gasteiger partial charge in [-0.25, -0.2) is 4.57 Å². The molecule has 16 N–H and O–H groups in total. The molecule has 0 aromatic rings. The van der Waals surface area contributed by atoms with Gasteiger partial charge >= 0.3 is 7.82 Å². The molecule has 0 heterocycles. The zero-order valence-electron chi connectivity index (χ0n) is 9.44. The number of aliphatic hydroxyl groups excluding tert-OH is 4. The lowest BCUT2D eigenvalue weighted by Crippen LogP contribution is -2.37. The molecule has 0 aliphatic carbocycles. The third-order valence-electron chi connectivity index (χ3n) is 1.34. The highest BCUT2D eigenvalue weighted by molar-refractivity contribution is 7.45. The van der Waals surface area contributed by atoms with Crippen LogP contribution in [0.25, 0.3) is 0 Å². The van der Waals surface area contributed by atoms with Crippen molar-refractivity contribution in [2.24, 2.45) is 5.41 Å². The molecule has 0 bridgehead atoms. The Morgan fingerprint density at radius 2 is 0.824 bits per heavy atom. The average Bonchev–Trinajstić information content (AvgIpc) is 2.07. The fourth-order valence-electron chi connectivity index (χ4n) is 0.300. The van der Waals surface area contributed by atoms with E-state index < -0.39 is 39.7 Å². The van der Waals surface area contributed by atoms with Crippen LogP contribution in [0.3, 0.4) is 0 Å². The van der Waals surface area contributed by atoms with Crippen molar-refractivity contribution >= 4 is 7.82 Å². The summed E-state index contributed by atoms with van der Waals surface area (Å²) >= 11 is 0. The van der Waals surface area contributed by atoms with Gasteiger partial charge in [-0.15, -0.1) is 0 Å². The Bertz CT molecular complexity index is 158. The molecular formula is C5H24N3O8P. The summed E-state index contributed by atoms with van der Waals surface area (Å²) in [5, 5.41) is 34.0. The van der Waals surface area contributed by atoms with Crippen LogP contribution < -0.4 is 18.5 Å². The van der Waals surface area contributed by atoms with E-state index >= 15 is 0 Å². The second-order valence-corrected chi connectivity index (χ2v) is 3.67. The molecule has 0 rings (SSSR count). The molecule has 0 saturated heterocycles. The predicted molar refractivity (Wildman–Crippen MR) is 60.1 cm³/mol. The highest BCUT2D eigenvalue weighted by atomic mass is 31.2. The van der Waals surface area contributed by atoms with Crippen LogP contribution in [-0.4, -0.2) is 61.5 Å². The van der Waals surface area contributed by atoms with Gasteiger partial charge in [-0.2, -0.15) is 0 Å². The molecule has 0 aliphatic rings. The Morgan fingerprint density at radius 3 is 0.824 bits per heavy atom. The smallest absolute Gasteiger partial charge is 0.396 e. The summed E-state index contributed by atoms with van der Waals surface area (Å²) in [4.78, 5) is 21.6. The Morgan fingerprint density at radius 1 is 0.706 bits per heavy atom. The third-order valence-corrected chi connectivity index (χ3v) is 1.34. The maximum Gasteiger partial charge on any atom is 0.466 e. The average molecular weight is 285 g/mol. The predicted octanol–water partition coefficient (Wildman–Crippen LogP) is -2.50. The van der Waals surface area contributed by atoms with Crippen molar-refractivity contribution in [1.82, 2.24) is 18.5 Å². The molecule has 0 aliphatic heterocycles. The Hall–Kier alpha value is -0.170. The molecule has 0 saturated carbocycles. The Balaban J connectivity index is -0.0000000533. The first-order chi connectivity index (χ1) is 6.24. The van der Waals surface area contributed by atoms with Gasteiger partial charge in [0.2, 0.25) is 0 Å². The van der Waals surface area contributed by atoms with E-state index in [9.17, 15) is 0 Å². The first kappa shape index (κ1) is 30.1. The third kappa shape index (κ3) is 21.6. The summed E-state index contributed by atoms with van der Waals surface area (Å²) < 4.78 is 8.88. The quantitative estimate of drug-likeness (QED) is 0.241. The monoisotopic (exact) mass is 285 g/mol. The molecule has 0 unspecified atom stereocenters. The summed E-state index contributed by atoms with van der Waals surface area (Å²) in [5.74, 6) is 0. The molecule has 0 radical (unpaired) electrons. The van der Waals surface area contributed by atoms with Crippen molar-refractivity contribution in [3.8, 4) is 0 Å². The number of phosphoric acid groups is 1. The summed E-state index contributed by atoms with van der Waals surface area (Å²) in [6, 6.07) is 0. The highest BCUT2D eigenvalue weighted by Crippen LogP contribution is 2.25. The van der Waals surface area contributed by atoms with Crippen molar-refractivity contribution in [3.05, 3.63) is 0 Å². The summed E-state index contributed by atoms with van der Waals surface area (Å²) in [5.41, 5.74) is -1.11. The first-order valence-corrected chi connectivity index (χ1v) is 5.03. The van der Waals surface area contributed by atoms with Crippen molar-refractivity contribution in [1.29, 1.82) is 0 Å². The SMILES string of the molecule is N.N.N.O=P(O)(O)O.OCC(CO)(CO)CO. The second-order valence-electron chi connectivity index (χ2n) is 2.65. The number of hydrogen-bond donors (Lipinski definition) is 10. The summed E-state index contributed by atoms with van der Waals surface area (Å²) in [6.07, 6.45) is 0. The topological polar surface area (TPSA) is 264 Å². The minimum Gasteiger partial charge on any atom is -0.396 e. The highest BCUT2D eigenvalue weighted by Gasteiger charge is 2.26. The van der Waals surface area contributed by atoms with Gasteiger partial charge in [0.05, 0.1) is 31.8 Å². The molecule has 11 nitrogen and oxygen atoms in total. The maximum absolute atomic E-state index is 8.88. The van der Waals surface area contributed by atoms with Crippen LogP contribution in [0.15, 0.2) is 0 Å². The van der Waals surface area contributed by atoms with E-state index in [-0.39, 0.29) is 18.5 Å². The molecule has 0 aromatic heterocycles. The maximum atomic E-state index is 8.88. The molecule has 0 fully saturated rings. The minimum absolute atomic E-state index is 0. The van der Waals surface area contributed by atoms with Gasteiger partial charge in [0.25, 0.3) is 0 Å². The Kier molecular flexibility index (Phi) is 24.6. The Labute approximate surface area is 98.7 Å². The first-order valence-electron chi connectivity index (χ1n) is 3.46. The van der Waals surface area contributed by atoms with E-state index in [4.69, 9.17) is 39.7 Å². The molecule has 17 heavy (non-hydrogen) atoms. The minimum atomic E-state index is -4.64. The van der Waals surface area contributed by atoms with E-state index in [0.717, 1.165) is 0 Å². The molecular weight excluding hydrogens is 261 g/mol. The van der Waals surface area contributed by atoms with Crippen molar-refractivity contribution in [2.45, 2.75) is 0 Å². The van der Waals surface area contributed by atoms with Gasteiger partial charge in [0, 0.05) is 0 Å². The zero-order valence-corrected chi connectivity index (χ0v) is 10.3. The van der Waals surface area contributed by atoms with Crippen LogP contribution in [0.4, 0.5) is 0 Å². The number of rotatable bonds is 4. The van der Waals surface area contributed by atoms with Gasteiger partial charge in [-0.1, -0.05) is 0 Å². The van der Waals surface area contributed by atoms with E-state index in [1.807, 2.05) is 0 Å². The summed E-state index contributed by atoms with van der Waals surface area (Å²) in [7, 11) is -4.64. The van der Waals surface area contributed by atoms with E-state index in [0.29, 0.717) is 0 Å². The van der Waals surface area contributed by atoms with E-state index in [1.165, 1.54) is 0 Å². The van der Waals surface area contributed by atoms with Crippen molar-refractivity contribution < 1.29 is 39.7 Å². The van der Waals surface area contributed by atoms with Gasteiger partial charge in [0.15, 0.2) is 0 Å². The zero-order chi connectivity index (χ0) is 11.8. The summed E-state index contributed by atoms with van der Waals surface area (Å²) in [6.45, 7) is -1.62. The molecule has 0 amide bonds. The van der Waals surface area contributed by atoms with Gasteiger partial charge in [-0.05, 0) is 0 Å². The van der Waals surface area contributed by atoms with Crippen LogP contribution in [-0.2, 0) is 4.57 Å². The van der Waals surface area contributed by atoms with Crippen LogP contribution in [0.1, 0.15) is 0 Å². The van der Waals surface area contributed by atoms with Gasteiger partial charge < -0.3 is 53.6 Å². The largest absolute Gasteiger partial charge is 0.466 e. The molecule has 12 heteroatoms. The lowest BCUT2D eigenvalue weighted by molar-refractivity contribution is -0.0328. The second kappa shape index (κ2) is 13.9. The fourth-order valence-corrected chi connectivity index (χ4v) is 0.300. The van der Waals surface area contributed by atoms with Crippen LogP contribution in [0, 0.1) is 5.41 Å². The van der Waals surface area contributed by atoms with Gasteiger partial charge in [0.1, 0.15) is 0 Å². The molecule has 112 valence electrons. The lowest BCUT2D eigenvalue weighted by atomic mass is 9.93. The van der Waals surface area contributed by atoms with Crippen LogP contribution in [0.2, 0.25) is 0 Å². The molecule has 0 atom stereocenters. The number of aliphatic hydroxyl groups is 4. The number of hydrogen-bond acceptors (Lipinski definition) is 8. The standard InChI is InChI=1S/C5H12O4.3H3N.H3O4P/c6-1-5(2-7,3-8)4-9;;;;1-5(2,3)4/h6-9H,1-4H2;3*1H3;(H3,1,2,3,4). The lowest BCUT2D eigenvalue weighted by Gasteiger charge is -2.23. The normalized spacial score (nSPS) is 9.82. The van der Waals surface area contributed by atoms with Crippen molar-refractivity contribution in [3.63, 3.8) is 0 Å². The van der Waals surface area contributed by atoms with Crippen molar-refractivity contribution in [2.75, 3.05) is 26.4 Å². The van der Waals surface area contributed by atoms with Gasteiger partial charge in [-0.3, -0.25) is 0 Å². The van der Waals surface area contributed by atoms with Crippen LogP contribution in [0.5, 0.6) is 0 Å². The van der Waals surface area contributed by atoms with Crippen LogP contribution >= 0.6 is 7.82 Å². The molecule has 0 spiro atoms.